The molecule has 1 aromatic rings. The Bertz CT molecular complexity index is 305. The highest BCUT2D eigenvalue weighted by atomic mass is 16.5. The van der Waals surface area contributed by atoms with E-state index < -0.39 is 0 Å². The standard InChI is InChI=1S/C13H20O2/c1-10-6-7-13(9-11(10)2)15-8-4-5-12(3)14/h6-7,9,12,14H,4-5,8H2,1-3H3. The second kappa shape index (κ2) is 5.76. The number of ether oxygens (including phenoxy) is 1. The minimum absolute atomic E-state index is 0.228. The van der Waals surface area contributed by atoms with Crippen LogP contribution in [-0.2, 0) is 0 Å². The van der Waals surface area contributed by atoms with E-state index in [9.17, 15) is 0 Å². The van der Waals surface area contributed by atoms with Crippen molar-refractivity contribution >= 4 is 0 Å². The van der Waals surface area contributed by atoms with Crippen molar-refractivity contribution in [2.45, 2.75) is 39.7 Å². The zero-order valence-electron chi connectivity index (χ0n) is 9.79. The normalized spacial score (nSPS) is 12.5. The van der Waals surface area contributed by atoms with Gasteiger partial charge in [0.25, 0.3) is 0 Å². The topological polar surface area (TPSA) is 29.5 Å². The second-order valence-corrected chi connectivity index (χ2v) is 4.09. The molecule has 0 aliphatic heterocycles. The Balaban J connectivity index is 2.35. The zero-order valence-corrected chi connectivity index (χ0v) is 9.79. The van der Waals surface area contributed by atoms with Crippen molar-refractivity contribution in [1.29, 1.82) is 0 Å². The summed E-state index contributed by atoms with van der Waals surface area (Å²) in [5, 5.41) is 9.07. The van der Waals surface area contributed by atoms with E-state index in [1.165, 1.54) is 11.1 Å². The van der Waals surface area contributed by atoms with Crippen LogP contribution in [0.5, 0.6) is 5.75 Å². The van der Waals surface area contributed by atoms with Crippen molar-refractivity contribution in [2.24, 2.45) is 0 Å². The number of hydrogen-bond acceptors (Lipinski definition) is 2. The fourth-order valence-electron chi connectivity index (χ4n) is 1.37. The zero-order chi connectivity index (χ0) is 11.3. The van der Waals surface area contributed by atoms with Gasteiger partial charge in [0.05, 0.1) is 12.7 Å². The van der Waals surface area contributed by atoms with Crippen LogP contribution in [-0.4, -0.2) is 17.8 Å². The SMILES string of the molecule is Cc1ccc(OCCCC(C)O)cc1C. The average Bonchev–Trinajstić information content (AvgIpc) is 2.18. The fourth-order valence-corrected chi connectivity index (χ4v) is 1.37. The third kappa shape index (κ3) is 4.34. The number of hydrogen-bond donors (Lipinski definition) is 1. The van der Waals surface area contributed by atoms with Crippen molar-refractivity contribution in [2.75, 3.05) is 6.61 Å². The van der Waals surface area contributed by atoms with Gasteiger partial charge in [-0.25, -0.2) is 0 Å². The first-order valence-electron chi connectivity index (χ1n) is 5.47. The number of aliphatic hydroxyl groups is 1. The van der Waals surface area contributed by atoms with E-state index in [0.29, 0.717) is 6.61 Å². The van der Waals surface area contributed by atoms with Crippen LogP contribution in [0.15, 0.2) is 18.2 Å². The number of benzene rings is 1. The van der Waals surface area contributed by atoms with Crippen molar-refractivity contribution < 1.29 is 9.84 Å². The Morgan fingerprint density at radius 1 is 1.27 bits per heavy atom. The van der Waals surface area contributed by atoms with Crippen LogP contribution in [0.3, 0.4) is 0 Å². The van der Waals surface area contributed by atoms with Gasteiger partial charge in [0.15, 0.2) is 0 Å². The second-order valence-electron chi connectivity index (χ2n) is 4.09. The highest BCUT2D eigenvalue weighted by Gasteiger charge is 1.98. The number of aryl methyl sites for hydroxylation is 2. The molecule has 0 fully saturated rings. The highest BCUT2D eigenvalue weighted by molar-refractivity contribution is 5.33. The van der Waals surface area contributed by atoms with Crippen molar-refractivity contribution in [3.8, 4) is 5.75 Å². The molecule has 0 spiro atoms. The molecule has 0 heterocycles. The maximum atomic E-state index is 9.07. The Hall–Kier alpha value is -1.02. The molecule has 0 aliphatic carbocycles. The van der Waals surface area contributed by atoms with Gasteiger partial charge in [0.2, 0.25) is 0 Å². The lowest BCUT2D eigenvalue weighted by Crippen LogP contribution is -2.04. The van der Waals surface area contributed by atoms with Crippen LogP contribution in [0.25, 0.3) is 0 Å². The first kappa shape index (κ1) is 12.1. The third-order valence-electron chi connectivity index (χ3n) is 2.51. The van der Waals surface area contributed by atoms with Gasteiger partial charge in [-0.15, -0.1) is 0 Å². The van der Waals surface area contributed by atoms with E-state index in [4.69, 9.17) is 9.84 Å². The van der Waals surface area contributed by atoms with Crippen LogP contribution in [0, 0.1) is 13.8 Å². The quantitative estimate of drug-likeness (QED) is 0.754. The summed E-state index contributed by atoms with van der Waals surface area (Å²) in [6.45, 7) is 6.65. The summed E-state index contributed by atoms with van der Waals surface area (Å²) < 4.78 is 5.58. The van der Waals surface area contributed by atoms with E-state index >= 15 is 0 Å². The van der Waals surface area contributed by atoms with Crippen molar-refractivity contribution in [3.05, 3.63) is 29.3 Å². The largest absolute Gasteiger partial charge is 0.494 e. The summed E-state index contributed by atoms with van der Waals surface area (Å²) in [4.78, 5) is 0. The van der Waals surface area contributed by atoms with Crippen molar-refractivity contribution in [1.82, 2.24) is 0 Å². The Kier molecular flexibility index (Phi) is 4.63. The Morgan fingerprint density at radius 2 is 2.00 bits per heavy atom. The summed E-state index contributed by atoms with van der Waals surface area (Å²) in [7, 11) is 0. The summed E-state index contributed by atoms with van der Waals surface area (Å²) in [6, 6.07) is 6.11. The first-order valence-corrected chi connectivity index (χ1v) is 5.47. The van der Waals surface area contributed by atoms with Gasteiger partial charge in [0, 0.05) is 0 Å². The summed E-state index contributed by atoms with van der Waals surface area (Å²) in [6.07, 6.45) is 1.46. The Morgan fingerprint density at radius 3 is 2.60 bits per heavy atom. The van der Waals surface area contributed by atoms with Gasteiger partial charge in [-0.05, 0) is 56.9 Å². The molecule has 2 nitrogen and oxygen atoms in total. The van der Waals surface area contributed by atoms with E-state index in [1.54, 1.807) is 6.92 Å². The molecule has 0 saturated heterocycles. The predicted octanol–water partition coefficient (Wildman–Crippen LogP) is 2.84. The smallest absolute Gasteiger partial charge is 0.119 e. The van der Waals surface area contributed by atoms with Gasteiger partial charge in [-0.3, -0.25) is 0 Å². The molecule has 1 atom stereocenters. The van der Waals surface area contributed by atoms with Gasteiger partial charge < -0.3 is 9.84 Å². The molecule has 1 rings (SSSR count). The lowest BCUT2D eigenvalue weighted by Gasteiger charge is -2.08. The van der Waals surface area contributed by atoms with Gasteiger partial charge in [-0.2, -0.15) is 0 Å². The monoisotopic (exact) mass is 208 g/mol. The van der Waals surface area contributed by atoms with E-state index in [-0.39, 0.29) is 6.10 Å². The summed E-state index contributed by atoms with van der Waals surface area (Å²) >= 11 is 0. The highest BCUT2D eigenvalue weighted by Crippen LogP contribution is 2.16. The number of rotatable bonds is 5. The van der Waals surface area contributed by atoms with Crippen molar-refractivity contribution in [3.63, 3.8) is 0 Å². The summed E-state index contributed by atoms with van der Waals surface area (Å²) in [5.41, 5.74) is 2.54. The molecule has 1 aromatic carbocycles. The van der Waals surface area contributed by atoms with Gasteiger partial charge >= 0.3 is 0 Å². The Labute approximate surface area is 91.9 Å². The molecule has 2 heteroatoms. The molecule has 0 radical (unpaired) electrons. The molecule has 84 valence electrons. The molecule has 1 unspecified atom stereocenters. The van der Waals surface area contributed by atoms with Crippen LogP contribution >= 0.6 is 0 Å². The molecular weight excluding hydrogens is 188 g/mol. The maximum absolute atomic E-state index is 9.07. The van der Waals surface area contributed by atoms with E-state index in [2.05, 4.69) is 26.0 Å². The molecule has 0 aromatic heterocycles. The molecular formula is C13H20O2. The van der Waals surface area contributed by atoms with Gasteiger partial charge in [-0.1, -0.05) is 6.07 Å². The van der Waals surface area contributed by atoms with Gasteiger partial charge in [0.1, 0.15) is 5.75 Å². The predicted molar refractivity (Wildman–Crippen MR) is 62.3 cm³/mol. The van der Waals surface area contributed by atoms with Crippen LogP contribution in [0.1, 0.15) is 30.9 Å². The van der Waals surface area contributed by atoms with Crippen LogP contribution < -0.4 is 4.74 Å². The molecule has 0 aliphatic rings. The maximum Gasteiger partial charge on any atom is 0.119 e. The lowest BCUT2D eigenvalue weighted by molar-refractivity contribution is 0.170. The third-order valence-corrected chi connectivity index (χ3v) is 2.51. The number of aliphatic hydroxyl groups excluding tert-OH is 1. The molecule has 15 heavy (non-hydrogen) atoms. The first-order chi connectivity index (χ1) is 7.09. The van der Waals surface area contributed by atoms with E-state index in [0.717, 1.165) is 18.6 Å². The van der Waals surface area contributed by atoms with E-state index in [1.807, 2.05) is 6.07 Å². The molecule has 0 bridgehead atoms. The molecule has 0 amide bonds. The molecule has 1 N–H and O–H groups in total. The minimum Gasteiger partial charge on any atom is -0.494 e. The fraction of sp³-hybridized carbons (Fsp3) is 0.538. The van der Waals surface area contributed by atoms with Crippen LogP contribution in [0.4, 0.5) is 0 Å². The molecule has 0 saturated carbocycles. The average molecular weight is 208 g/mol. The van der Waals surface area contributed by atoms with Crippen LogP contribution in [0.2, 0.25) is 0 Å². The minimum atomic E-state index is -0.228. The summed E-state index contributed by atoms with van der Waals surface area (Å²) in [5.74, 6) is 0.920. The lowest BCUT2D eigenvalue weighted by atomic mass is 10.1.